The van der Waals surface area contributed by atoms with Gasteiger partial charge in [-0.25, -0.2) is 18.2 Å². The number of rotatable bonds is 4. The van der Waals surface area contributed by atoms with Gasteiger partial charge in [-0.1, -0.05) is 0 Å². The molecule has 0 aliphatic heterocycles. The minimum Gasteiger partial charge on any atom is -0.469 e. The summed E-state index contributed by atoms with van der Waals surface area (Å²) in [4.78, 5) is 20.2. The normalized spacial score (nSPS) is 25.7. The molecule has 2 atom stereocenters. The number of methoxy groups -OCH3 is 1. The van der Waals surface area contributed by atoms with Gasteiger partial charge in [0.1, 0.15) is 5.69 Å². The Balaban J connectivity index is 1.71. The second-order valence-corrected chi connectivity index (χ2v) is 7.86. The fourth-order valence-corrected chi connectivity index (χ4v) is 4.81. The van der Waals surface area contributed by atoms with E-state index in [0.717, 1.165) is 37.8 Å². The molecule has 0 radical (unpaired) electrons. The molecular formula is C20H19ClF3N3O2. The van der Waals surface area contributed by atoms with Crippen LogP contribution in [0.25, 0.3) is 11.3 Å². The van der Waals surface area contributed by atoms with Crippen molar-refractivity contribution in [3.05, 3.63) is 40.9 Å². The number of aromatic nitrogens is 2. The Morgan fingerprint density at radius 3 is 2.45 bits per heavy atom. The molecule has 2 bridgehead atoms. The molecule has 3 aliphatic carbocycles. The number of hydrogen-bond donors (Lipinski definition) is 1. The van der Waals surface area contributed by atoms with Crippen LogP contribution in [0, 0.1) is 35.2 Å². The summed E-state index contributed by atoms with van der Waals surface area (Å²) in [5, 5.41) is 2.80. The van der Waals surface area contributed by atoms with Crippen LogP contribution >= 0.6 is 11.6 Å². The van der Waals surface area contributed by atoms with E-state index in [4.69, 9.17) is 16.3 Å². The van der Waals surface area contributed by atoms with Crippen molar-refractivity contribution in [2.45, 2.75) is 31.7 Å². The molecule has 3 aliphatic rings. The van der Waals surface area contributed by atoms with Gasteiger partial charge in [-0.05, 0) is 67.3 Å². The Kier molecular flexibility index (Phi) is 5.38. The number of nitrogens with zero attached hydrogens (tertiary/aromatic N) is 2. The van der Waals surface area contributed by atoms with Crippen molar-refractivity contribution in [1.29, 1.82) is 0 Å². The Bertz CT molecular complexity index is 951. The van der Waals surface area contributed by atoms with E-state index in [1.807, 2.05) is 0 Å². The first-order valence-electron chi connectivity index (χ1n) is 9.42. The maximum absolute atomic E-state index is 15.2. The number of anilines is 1. The highest BCUT2D eigenvalue weighted by Crippen LogP contribution is 2.47. The second-order valence-electron chi connectivity index (χ2n) is 7.53. The van der Waals surface area contributed by atoms with E-state index in [9.17, 15) is 13.6 Å². The number of fused-ring (bicyclic) bond motifs is 3. The molecule has 2 aromatic rings. The van der Waals surface area contributed by atoms with Gasteiger partial charge >= 0.3 is 5.97 Å². The third-order valence-corrected chi connectivity index (χ3v) is 6.18. The highest BCUT2D eigenvalue weighted by molar-refractivity contribution is 6.28. The maximum atomic E-state index is 15.2. The predicted octanol–water partition coefficient (Wildman–Crippen LogP) is 4.60. The highest BCUT2D eigenvalue weighted by atomic mass is 35.5. The Morgan fingerprint density at radius 2 is 1.79 bits per heavy atom. The van der Waals surface area contributed by atoms with Crippen molar-refractivity contribution >= 4 is 23.4 Å². The molecular weight excluding hydrogens is 407 g/mol. The van der Waals surface area contributed by atoms with E-state index < -0.39 is 23.4 Å². The summed E-state index contributed by atoms with van der Waals surface area (Å²) < 4.78 is 47.0. The highest BCUT2D eigenvalue weighted by Gasteiger charge is 2.48. The van der Waals surface area contributed by atoms with E-state index in [2.05, 4.69) is 15.3 Å². The molecule has 1 N–H and O–H groups in total. The largest absolute Gasteiger partial charge is 0.469 e. The van der Waals surface area contributed by atoms with Gasteiger partial charge in [-0.15, -0.1) is 0 Å². The number of halogens is 4. The van der Waals surface area contributed by atoms with Crippen molar-refractivity contribution in [2.75, 3.05) is 12.4 Å². The lowest BCUT2D eigenvalue weighted by Crippen LogP contribution is -2.52. The lowest BCUT2D eigenvalue weighted by molar-refractivity contribution is -0.152. The number of carbonyl (C=O) groups excluding carboxylic acids is 1. The first-order chi connectivity index (χ1) is 13.9. The molecule has 5 rings (SSSR count). The smallest absolute Gasteiger partial charge is 0.311 e. The molecule has 1 aromatic heterocycles. The Labute approximate surface area is 170 Å². The third-order valence-electron chi connectivity index (χ3n) is 6.01. The first-order valence-corrected chi connectivity index (χ1v) is 9.79. The number of esters is 1. The molecule has 0 amide bonds. The predicted molar refractivity (Wildman–Crippen MR) is 101 cm³/mol. The van der Waals surface area contributed by atoms with Crippen LogP contribution in [0.2, 0.25) is 5.28 Å². The van der Waals surface area contributed by atoms with Crippen LogP contribution in [0.1, 0.15) is 25.7 Å². The second kappa shape index (κ2) is 7.82. The van der Waals surface area contributed by atoms with Crippen LogP contribution in [0.3, 0.4) is 0 Å². The van der Waals surface area contributed by atoms with Crippen LogP contribution in [0.4, 0.5) is 19.0 Å². The zero-order valence-corrected chi connectivity index (χ0v) is 16.3. The quantitative estimate of drug-likeness (QED) is 0.572. The van der Waals surface area contributed by atoms with Crippen molar-refractivity contribution in [3.63, 3.8) is 0 Å². The van der Waals surface area contributed by atoms with Gasteiger partial charge in [0.2, 0.25) is 5.28 Å². The molecule has 9 heteroatoms. The minimum absolute atomic E-state index is 0.0310. The Morgan fingerprint density at radius 1 is 1.10 bits per heavy atom. The summed E-state index contributed by atoms with van der Waals surface area (Å²) in [6.07, 6.45) is 3.70. The van der Waals surface area contributed by atoms with Crippen molar-refractivity contribution < 1.29 is 22.7 Å². The van der Waals surface area contributed by atoms with E-state index in [1.165, 1.54) is 13.2 Å². The lowest BCUT2D eigenvalue weighted by Gasteiger charge is -2.47. The summed E-state index contributed by atoms with van der Waals surface area (Å²) in [6, 6.07) is 2.60. The average molecular weight is 426 g/mol. The molecule has 29 heavy (non-hydrogen) atoms. The molecule has 2 unspecified atom stereocenters. The Hall–Kier alpha value is -2.35. The van der Waals surface area contributed by atoms with Crippen molar-refractivity contribution in [3.8, 4) is 11.3 Å². The molecule has 0 saturated heterocycles. The van der Waals surface area contributed by atoms with Gasteiger partial charge < -0.3 is 10.1 Å². The van der Waals surface area contributed by atoms with Crippen LogP contribution in [-0.4, -0.2) is 29.1 Å². The third kappa shape index (κ3) is 3.66. The van der Waals surface area contributed by atoms with E-state index >= 15 is 4.39 Å². The van der Waals surface area contributed by atoms with Crippen LogP contribution in [0.5, 0.6) is 0 Å². The summed E-state index contributed by atoms with van der Waals surface area (Å²) in [6.45, 7) is 0. The minimum atomic E-state index is -1.12. The maximum Gasteiger partial charge on any atom is 0.311 e. The van der Waals surface area contributed by atoms with E-state index in [-0.39, 0.29) is 46.2 Å². The van der Waals surface area contributed by atoms with E-state index in [0.29, 0.717) is 0 Å². The van der Waals surface area contributed by atoms with Crippen molar-refractivity contribution in [2.24, 2.45) is 17.8 Å². The fraction of sp³-hybridized carbons (Fsp3) is 0.450. The first kappa shape index (κ1) is 19.9. The van der Waals surface area contributed by atoms with Gasteiger partial charge in [0.15, 0.2) is 23.3 Å². The summed E-state index contributed by atoms with van der Waals surface area (Å²) >= 11 is 5.98. The van der Waals surface area contributed by atoms with E-state index in [1.54, 1.807) is 0 Å². The number of ether oxygens (including phenoxy) is 1. The summed E-state index contributed by atoms with van der Waals surface area (Å²) in [7, 11) is 1.34. The average Bonchev–Trinajstić information content (AvgIpc) is 2.72. The van der Waals surface area contributed by atoms with Crippen molar-refractivity contribution in [1.82, 2.24) is 9.97 Å². The van der Waals surface area contributed by atoms with Crippen LogP contribution in [-0.2, 0) is 9.53 Å². The monoisotopic (exact) mass is 425 g/mol. The molecule has 1 heterocycles. The molecule has 5 nitrogen and oxygen atoms in total. The number of nitrogens with one attached hydrogen (secondary N) is 1. The zero-order valence-electron chi connectivity index (χ0n) is 15.6. The van der Waals surface area contributed by atoms with Gasteiger partial charge in [-0.3, -0.25) is 4.79 Å². The summed E-state index contributed by atoms with van der Waals surface area (Å²) in [5.74, 6) is -3.60. The van der Waals surface area contributed by atoms with Crippen LogP contribution in [0.15, 0.2) is 18.2 Å². The SMILES string of the molecule is COC(=O)C1C2CCC(CC2)C1Nc1nc(Cl)nc(-c2ccc(F)c(F)c2)c1F. The molecule has 1 aromatic carbocycles. The number of carbonyl (C=O) groups is 1. The van der Waals surface area contributed by atoms with Gasteiger partial charge in [0, 0.05) is 11.6 Å². The molecule has 0 spiro atoms. The topological polar surface area (TPSA) is 64.1 Å². The standard InChI is InChI=1S/C20H19ClF3N3O2/c1-29-19(28)14-9-2-4-10(5-3-9)16(14)25-18-15(24)17(26-20(21)27-18)11-6-7-12(22)13(23)8-11/h6-10,14,16H,2-5H2,1H3,(H,25,26,27). The fourth-order valence-electron chi connectivity index (χ4n) is 4.64. The molecule has 3 saturated carbocycles. The number of benzene rings is 1. The van der Waals surface area contributed by atoms with Gasteiger partial charge in [-0.2, -0.15) is 4.98 Å². The van der Waals surface area contributed by atoms with Gasteiger partial charge in [0.25, 0.3) is 0 Å². The molecule has 154 valence electrons. The zero-order chi connectivity index (χ0) is 20.7. The molecule has 3 fully saturated rings. The number of hydrogen-bond acceptors (Lipinski definition) is 5. The van der Waals surface area contributed by atoms with Crippen LogP contribution < -0.4 is 5.32 Å². The lowest BCUT2D eigenvalue weighted by atomic mass is 9.61. The summed E-state index contributed by atoms with van der Waals surface area (Å²) in [5.41, 5.74) is -0.217. The van der Waals surface area contributed by atoms with Gasteiger partial charge in [0.05, 0.1) is 13.0 Å².